The molecule has 1 aromatic carbocycles. The molecule has 18 heavy (non-hydrogen) atoms. The number of aryl methyl sites for hydroxylation is 2. The Balaban J connectivity index is 1.84. The van der Waals surface area contributed by atoms with E-state index in [9.17, 15) is 0 Å². The maximum absolute atomic E-state index is 4.57. The van der Waals surface area contributed by atoms with E-state index in [1.165, 1.54) is 4.88 Å². The minimum atomic E-state index is 0.767. The average molecular weight is 258 g/mol. The number of fused-ring (bicyclic) bond motifs is 1. The van der Waals surface area contributed by atoms with E-state index in [4.69, 9.17) is 0 Å². The van der Waals surface area contributed by atoms with Gasteiger partial charge in [0.15, 0.2) is 0 Å². The van der Waals surface area contributed by atoms with Crippen LogP contribution in [0.4, 0.5) is 5.95 Å². The fraction of sp³-hybridized carbons (Fsp3) is 0.231. The van der Waals surface area contributed by atoms with Gasteiger partial charge in [-0.05, 0) is 19.1 Å². The molecule has 1 N–H and O–H groups in total. The number of anilines is 1. The van der Waals surface area contributed by atoms with Crippen LogP contribution in [0.2, 0.25) is 0 Å². The topological polar surface area (TPSA) is 42.7 Å². The molecule has 2 heterocycles. The number of para-hydroxylation sites is 2. The molecule has 4 nitrogen and oxygen atoms in total. The highest BCUT2D eigenvalue weighted by atomic mass is 32.1. The van der Waals surface area contributed by atoms with E-state index in [2.05, 4.69) is 25.9 Å². The molecule has 0 atom stereocenters. The molecule has 0 radical (unpaired) electrons. The van der Waals surface area contributed by atoms with Gasteiger partial charge in [0.2, 0.25) is 5.95 Å². The molecule has 0 saturated heterocycles. The fourth-order valence-electron chi connectivity index (χ4n) is 1.96. The zero-order valence-corrected chi connectivity index (χ0v) is 11.2. The molecule has 92 valence electrons. The van der Waals surface area contributed by atoms with Gasteiger partial charge >= 0.3 is 0 Å². The Bertz CT molecular complexity index is 683. The van der Waals surface area contributed by atoms with Crippen LogP contribution >= 0.6 is 11.3 Å². The molecule has 0 spiro atoms. The summed E-state index contributed by atoms with van der Waals surface area (Å²) in [5.41, 5.74) is 2.16. The molecule has 0 fully saturated rings. The quantitative estimate of drug-likeness (QED) is 0.785. The molecule has 5 heteroatoms. The average Bonchev–Trinajstić information content (AvgIpc) is 2.92. The Hall–Kier alpha value is -1.88. The van der Waals surface area contributed by atoms with Crippen LogP contribution in [0.25, 0.3) is 11.0 Å². The zero-order valence-electron chi connectivity index (χ0n) is 10.3. The Morgan fingerprint density at radius 3 is 2.89 bits per heavy atom. The monoisotopic (exact) mass is 258 g/mol. The lowest BCUT2D eigenvalue weighted by molar-refractivity contribution is 0.930. The summed E-state index contributed by atoms with van der Waals surface area (Å²) in [5.74, 6) is 0.891. The lowest BCUT2D eigenvalue weighted by Gasteiger charge is -2.03. The molecule has 0 aliphatic heterocycles. The van der Waals surface area contributed by atoms with Crippen molar-refractivity contribution in [3.8, 4) is 0 Å². The smallest absolute Gasteiger partial charge is 0.203 e. The second-order valence-electron chi connectivity index (χ2n) is 4.18. The van der Waals surface area contributed by atoms with E-state index < -0.39 is 0 Å². The molecule has 3 rings (SSSR count). The molecular formula is C13H14N4S. The van der Waals surface area contributed by atoms with Crippen LogP contribution in [0.3, 0.4) is 0 Å². The predicted octanol–water partition coefficient (Wildman–Crippen LogP) is 2.95. The lowest BCUT2D eigenvalue weighted by atomic mass is 10.3. The minimum Gasteiger partial charge on any atom is -0.351 e. The van der Waals surface area contributed by atoms with Crippen LogP contribution in [-0.2, 0) is 13.6 Å². The maximum atomic E-state index is 4.57. The van der Waals surface area contributed by atoms with Crippen molar-refractivity contribution in [3.05, 3.63) is 40.3 Å². The molecule has 0 aliphatic rings. The van der Waals surface area contributed by atoms with Gasteiger partial charge in [0.25, 0.3) is 0 Å². The third kappa shape index (κ3) is 1.97. The predicted molar refractivity (Wildman–Crippen MR) is 74.9 cm³/mol. The first kappa shape index (κ1) is 11.2. The van der Waals surface area contributed by atoms with Crippen molar-refractivity contribution in [2.45, 2.75) is 13.5 Å². The van der Waals surface area contributed by atoms with Gasteiger partial charge < -0.3 is 9.88 Å². The number of benzene rings is 1. The van der Waals surface area contributed by atoms with E-state index in [-0.39, 0.29) is 0 Å². The first-order valence-corrected chi connectivity index (χ1v) is 6.62. The SMILES string of the molecule is Cc1ncc(CNc2nc3ccccc3n2C)s1. The number of rotatable bonds is 3. The van der Waals surface area contributed by atoms with Gasteiger partial charge in [0.1, 0.15) is 0 Å². The fourth-order valence-corrected chi connectivity index (χ4v) is 2.69. The summed E-state index contributed by atoms with van der Waals surface area (Å²) in [6.07, 6.45) is 1.91. The van der Waals surface area contributed by atoms with Crippen LogP contribution in [0.1, 0.15) is 9.88 Å². The Labute approximate surface area is 109 Å². The van der Waals surface area contributed by atoms with Crippen molar-refractivity contribution < 1.29 is 0 Å². The second kappa shape index (κ2) is 4.42. The van der Waals surface area contributed by atoms with Gasteiger partial charge in [0, 0.05) is 18.1 Å². The summed E-state index contributed by atoms with van der Waals surface area (Å²) in [6, 6.07) is 8.13. The summed E-state index contributed by atoms with van der Waals surface area (Å²) in [6.45, 7) is 2.78. The van der Waals surface area contributed by atoms with Gasteiger partial charge in [-0.3, -0.25) is 0 Å². The minimum absolute atomic E-state index is 0.767. The third-order valence-electron chi connectivity index (χ3n) is 2.88. The van der Waals surface area contributed by atoms with Crippen LogP contribution in [-0.4, -0.2) is 14.5 Å². The van der Waals surface area contributed by atoms with E-state index in [0.29, 0.717) is 0 Å². The molecule has 0 bridgehead atoms. The Morgan fingerprint density at radius 2 is 2.17 bits per heavy atom. The van der Waals surface area contributed by atoms with Crippen molar-refractivity contribution in [2.75, 3.05) is 5.32 Å². The van der Waals surface area contributed by atoms with Crippen molar-refractivity contribution >= 4 is 28.3 Å². The normalized spacial score (nSPS) is 11.0. The van der Waals surface area contributed by atoms with E-state index in [0.717, 1.165) is 28.5 Å². The van der Waals surface area contributed by atoms with E-state index in [1.807, 2.05) is 38.4 Å². The van der Waals surface area contributed by atoms with E-state index in [1.54, 1.807) is 11.3 Å². The highest BCUT2D eigenvalue weighted by molar-refractivity contribution is 7.11. The van der Waals surface area contributed by atoms with Crippen molar-refractivity contribution in [1.29, 1.82) is 0 Å². The van der Waals surface area contributed by atoms with Crippen LogP contribution < -0.4 is 5.32 Å². The summed E-state index contributed by atoms with van der Waals surface area (Å²) in [7, 11) is 2.02. The number of thiazole rings is 1. The summed E-state index contributed by atoms with van der Waals surface area (Å²) in [4.78, 5) is 10.0. The van der Waals surface area contributed by atoms with Gasteiger partial charge in [-0.1, -0.05) is 12.1 Å². The number of aromatic nitrogens is 3. The molecule has 3 aromatic rings. The standard InChI is InChI=1S/C13H14N4S/c1-9-14-7-10(18-9)8-15-13-16-11-5-3-4-6-12(11)17(13)2/h3-7H,8H2,1-2H3,(H,15,16). The van der Waals surface area contributed by atoms with Gasteiger partial charge in [0.05, 0.1) is 22.6 Å². The number of hydrogen-bond donors (Lipinski definition) is 1. The summed E-state index contributed by atoms with van der Waals surface area (Å²) in [5, 5.41) is 4.45. The molecule has 2 aromatic heterocycles. The maximum Gasteiger partial charge on any atom is 0.203 e. The molecule has 0 amide bonds. The van der Waals surface area contributed by atoms with Crippen LogP contribution in [0.5, 0.6) is 0 Å². The molecule has 0 aliphatic carbocycles. The number of nitrogens with one attached hydrogen (secondary N) is 1. The second-order valence-corrected chi connectivity index (χ2v) is 5.50. The van der Waals surface area contributed by atoms with Crippen molar-refractivity contribution in [3.63, 3.8) is 0 Å². The highest BCUT2D eigenvalue weighted by Gasteiger charge is 2.06. The third-order valence-corrected chi connectivity index (χ3v) is 3.79. The van der Waals surface area contributed by atoms with Crippen LogP contribution in [0, 0.1) is 6.92 Å². The molecule has 0 unspecified atom stereocenters. The largest absolute Gasteiger partial charge is 0.351 e. The first-order chi connectivity index (χ1) is 8.74. The molecular weight excluding hydrogens is 244 g/mol. The number of nitrogens with zero attached hydrogens (tertiary/aromatic N) is 3. The van der Waals surface area contributed by atoms with Crippen molar-refractivity contribution in [2.24, 2.45) is 7.05 Å². The summed E-state index contributed by atoms with van der Waals surface area (Å²) >= 11 is 1.71. The van der Waals surface area contributed by atoms with Gasteiger partial charge in [-0.15, -0.1) is 11.3 Å². The lowest BCUT2D eigenvalue weighted by Crippen LogP contribution is -2.03. The zero-order chi connectivity index (χ0) is 12.5. The first-order valence-electron chi connectivity index (χ1n) is 5.80. The Kier molecular flexibility index (Phi) is 2.76. The van der Waals surface area contributed by atoms with Crippen LogP contribution in [0.15, 0.2) is 30.5 Å². The number of imidazole rings is 1. The summed E-state index contributed by atoms with van der Waals surface area (Å²) < 4.78 is 2.07. The van der Waals surface area contributed by atoms with Gasteiger partial charge in [-0.25, -0.2) is 9.97 Å². The Morgan fingerprint density at radius 1 is 1.33 bits per heavy atom. The van der Waals surface area contributed by atoms with Crippen molar-refractivity contribution in [1.82, 2.24) is 14.5 Å². The molecule has 0 saturated carbocycles. The number of hydrogen-bond acceptors (Lipinski definition) is 4. The van der Waals surface area contributed by atoms with Gasteiger partial charge in [-0.2, -0.15) is 0 Å². The van der Waals surface area contributed by atoms with E-state index >= 15 is 0 Å². The highest BCUT2D eigenvalue weighted by Crippen LogP contribution is 2.19.